The maximum absolute atomic E-state index is 12.4. The van der Waals surface area contributed by atoms with Gasteiger partial charge in [-0.3, -0.25) is 4.79 Å². The van der Waals surface area contributed by atoms with Crippen molar-refractivity contribution in [2.75, 3.05) is 5.32 Å². The first kappa shape index (κ1) is 19.2. The van der Waals surface area contributed by atoms with Crippen molar-refractivity contribution in [2.24, 2.45) is 0 Å². The van der Waals surface area contributed by atoms with E-state index in [9.17, 15) is 4.79 Å². The fourth-order valence-corrected chi connectivity index (χ4v) is 3.01. The fourth-order valence-electron chi connectivity index (χ4n) is 3.01. The third-order valence-electron chi connectivity index (χ3n) is 4.59. The lowest BCUT2D eigenvalue weighted by Gasteiger charge is -2.06. The molecule has 4 aromatic carbocycles. The van der Waals surface area contributed by atoms with Gasteiger partial charge in [0.2, 0.25) is 0 Å². The number of carbonyl (C=O) groups excluding carboxylic acids is 1. The van der Waals surface area contributed by atoms with E-state index in [2.05, 4.69) is 17.4 Å². The van der Waals surface area contributed by atoms with Crippen LogP contribution in [0.25, 0.3) is 11.1 Å². The maximum atomic E-state index is 12.4. The third-order valence-corrected chi connectivity index (χ3v) is 4.59. The Morgan fingerprint density at radius 2 is 1.20 bits per heavy atom. The molecule has 0 amide bonds. The summed E-state index contributed by atoms with van der Waals surface area (Å²) in [4.78, 5) is 12.4. The van der Waals surface area contributed by atoms with E-state index < -0.39 is 0 Å². The Hall–Kier alpha value is -4.11. The number of nitrogens with one attached hydrogen (secondary N) is 1. The quantitative estimate of drug-likeness (QED) is 0.273. The van der Waals surface area contributed by atoms with Crippen LogP contribution in [0.4, 0.5) is 5.69 Å². The van der Waals surface area contributed by atoms with Crippen LogP contribution in [0.1, 0.15) is 10.4 Å². The average Bonchev–Trinajstić information content (AvgIpc) is 2.81. The molecule has 3 heteroatoms. The molecule has 30 heavy (non-hydrogen) atoms. The highest BCUT2D eigenvalue weighted by Gasteiger charge is 2.03. The Morgan fingerprint density at radius 3 is 1.87 bits per heavy atom. The number of ketones is 1. The van der Waals surface area contributed by atoms with E-state index in [-0.39, 0.29) is 5.78 Å². The lowest BCUT2D eigenvalue weighted by molar-refractivity contribution is 0.104. The zero-order valence-corrected chi connectivity index (χ0v) is 16.4. The molecule has 146 valence electrons. The van der Waals surface area contributed by atoms with Gasteiger partial charge in [0.05, 0.1) is 0 Å². The number of hydrogen-bond acceptors (Lipinski definition) is 3. The molecule has 0 aliphatic heterocycles. The van der Waals surface area contributed by atoms with E-state index in [0.29, 0.717) is 5.56 Å². The summed E-state index contributed by atoms with van der Waals surface area (Å²) < 4.78 is 5.78. The number of allylic oxidation sites excluding steroid dienone is 1. The van der Waals surface area contributed by atoms with Gasteiger partial charge in [0.15, 0.2) is 5.78 Å². The van der Waals surface area contributed by atoms with E-state index in [4.69, 9.17) is 4.74 Å². The van der Waals surface area contributed by atoms with Crippen molar-refractivity contribution in [1.29, 1.82) is 0 Å². The third kappa shape index (κ3) is 5.03. The summed E-state index contributed by atoms with van der Waals surface area (Å²) in [5.74, 6) is 1.50. The van der Waals surface area contributed by atoms with E-state index in [1.54, 1.807) is 6.20 Å². The molecule has 4 rings (SSSR count). The van der Waals surface area contributed by atoms with Crippen LogP contribution in [0, 0.1) is 0 Å². The molecular weight excluding hydrogens is 370 g/mol. The van der Waals surface area contributed by atoms with Gasteiger partial charge < -0.3 is 10.1 Å². The van der Waals surface area contributed by atoms with Gasteiger partial charge in [0, 0.05) is 23.5 Å². The molecule has 0 aliphatic carbocycles. The topological polar surface area (TPSA) is 38.3 Å². The molecule has 0 saturated heterocycles. The number of hydrogen-bond donors (Lipinski definition) is 1. The molecule has 0 atom stereocenters. The van der Waals surface area contributed by atoms with Crippen LogP contribution in [0.3, 0.4) is 0 Å². The van der Waals surface area contributed by atoms with Gasteiger partial charge in [-0.05, 0) is 47.5 Å². The highest BCUT2D eigenvalue weighted by molar-refractivity contribution is 6.04. The van der Waals surface area contributed by atoms with Crippen LogP contribution >= 0.6 is 0 Å². The normalized spacial score (nSPS) is 10.7. The lowest BCUT2D eigenvalue weighted by atomic mass is 10.0. The zero-order chi connectivity index (χ0) is 20.6. The summed E-state index contributed by atoms with van der Waals surface area (Å²) in [7, 11) is 0. The number of para-hydroxylation sites is 1. The monoisotopic (exact) mass is 391 g/mol. The van der Waals surface area contributed by atoms with Crippen LogP contribution in [-0.2, 0) is 0 Å². The van der Waals surface area contributed by atoms with Crippen molar-refractivity contribution in [3.8, 4) is 22.6 Å². The molecule has 1 N–H and O–H groups in total. The second kappa shape index (κ2) is 9.39. The standard InChI is InChI=1S/C27H21NO2/c29-27(23-13-11-22(12-14-23)21-7-3-1-4-8-21)19-20-28-24-15-17-26(18-16-24)30-25-9-5-2-6-10-25/h1-20,28H/b20-19+. The molecule has 0 aliphatic rings. The van der Waals surface area contributed by atoms with Crippen LogP contribution in [-0.4, -0.2) is 5.78 Å². The second-order valence-electron chi connectivity index (χ2n) is 6.72. The molecule has 0 heterocycles. The Kier molecular flexibility index (Phi) is 6.02. The molecule has 0 unspecified atom stereocenters. The smallest absolute Gasteiger partial charge is 0.187 e. The molecule has 0 spiro atoms. The summed E-state index contributed by atoms with van der Waals surface area (Å²) in [6.45, 7) is 0. The zero-order valence-electron chi connectivity index (χ0n) is 16.4. The van der Waals surface area contributed by atoms with Gasteiger partial charge in [-0.2, -0.15) is 0 Å². The predicted molar refractivity (Wildman–Crippen MR) is 122 cm³/mol. The van der Waals surface area contributed by atoms with Crippen molar-refractivity contribution < 1.29 is 9.53 Å². The molecular formula is C27H21NO2. The molecule has 3 nitrogen and oxygen atoms in total. The number of anilines is 1. The first-order valence-electron chi connectivity index (χ1n) is 9.74. The summed E-state index contributed by atoms with van der Waals surface area (Å²) in [5.41, 5.74) is 3.75. The van der Waals surface area contributed by atoms with Gasteiger partial charge in [-0.15, -0.1) is 0 Å². The molecule has 0 fully saturated rings. The lowest BCUT2D eigenvalue weighted by Crippen LogP contribution is -1.96. The Morgan fingerprint density at radius 1 is 0.633 bits per heavy atom. The van der Waals surface area contributed by atoms with Crippen molar-refractivity contribution in [3.63, 3.8) is 0 Å². The van der Waals surface area contributed by atoms with Crippen molar-refractivity contribution >= 4 is 11.5 Å². The van der Waals surface area contributed by atoms with Crippen LogP contribution in [0.2, 0.25) is 0 Å². The summed E-state index contributed by atoms with van der Waals surface area (Å²) in [6.07, 6.45) is 3.19. The maximum Gasteiger partial charge on any atom is 0.187 e. The fraction of sp³-hybridized carbons (Fsp3) is 0. The largest absolute Gasteiger partial charge is 0.457 e. The van der Waals surface area contributed by atoms with Gasteiger partial charge in [-0.25, -0.2) is 0 Å². The molecule has 0 bridgehead atoms. The van der Waals surface area contributed by atoms with Crippen LogP contribution in [0.5, 0.6) is 11.5 Å². The van der Waals surface area contributed by atoms with E-state index in [1.807, 2.05) is 97.1 Å². The predicted octanol–water partition coefficient (Wildman–Crippen LogP) is 6.95. The Balaban J connectivity index is 1.33. The molecule has 4 aromatic rings. The minimum atomic E-state index is -0.0499. The number of ether oxygens (including phenoxy) is 1. The highest BCUT2D eigenvalue weighted by atomic mass is 16.5. The first-order valence-corrected chi connectivity index (χ1v) is 9.74. The van der Waals surface area contributed by atoms with E-state index in [0.717, 1.165) is 28.3 Å². The number of benzene rings is 4. The van der Waals surface area contributed by atoms with Gasteiger partial charge in [0.1, 0.15) is 11.5 Å². The second-order valence-corrected chi connectivity index (χ2v) is 6.72. The molecule has 0 saturated carbocycles. The summed E-state index contributed by atoms with van der Waals surface area (Å²) in [5, 5.41) is 3.12. The highest BCUT2D eigenvalue weighted by Crippen LogP contribution is 2.23. The van der Waals surface area contributed by atoms with E-state index in [1.165, 1.54) is 6.08 Å². The van der Waals surface area contributed by atoms with E-state index >= 15 is 0 Å². The first-order chi connectivity index (χ1) is 14.8. The summed E-state index contributed by atoms with van der Waals surface area (Å²) in [6, 6.07) is 34.9. The van der Waals surface area contributed by atoms with Crippen molar-refractivity contribution in [1.82, 2.24) is 0 Å². The van der Waals surface area contributed by atoms with Gasteiger partial charge in [-0.1, -0.05) is 72.8 Å². The van der Waals surface area contributed by atoms with Crippen LogP contribution < -0.4 is 10.1 Å². The molecule has 0 radical (unpaired) electrons. The van der Waals surface area contributed by atoms with Crippen molar-refractivity contribution in [3.05, 3.63) is 127 Å². The molecule has 0 aromatic heterocycles. The number of carbonyl (C=O) groups is 1. The van der Waals surface area contributed by atoms with Gasteiger partial charge in [0.25, 0.3) is 0 Å². The van der Waals surface area contributed by atoms with Crippen molar-refractivity contribution in [2.45, 2.75) is 0 Å². The van der Waals surface area contributed by atoms with Gasteiger partial charge >= 0.3 is 0 Å². The SMILES string of the molecule is O=C(/C=C/Nc1ccc(Oc2ccccc2)cc1)c1ccc(-c2ccccc2)cc1. The number of rotatable bonds is 7. The summed E-state index contributed by atoms with van der Waals surface area (Å²) >= 11 is 0. The Bertz CT molecular complexity index is 1120. The average molecular weight is 391 g/mol. The Labute approximate surface area is 176 Å². The minimum Gasteiger partial charge on any atom is -0.457 e. The minimum absolute atomic E-state index is 0.0499. The van der Waals surface area contributed by atoms with Crippen LogP contribution in [0.15, 0.2) is 121 Å².